The van der Waals surface area contributed by atoms with E-state index in [1.165, 1.54) is 32.7 Å². The minimum absolute atomic E-state index is 0.292. The van der Waals surface area contributed by atoms with Crippen LogP contribution in [0.2, 0.25) is 0 Å². The summed E-state index contributed by atoms with van der Waals surface area (Å²) in [6.07, 6.45) is 7.27. The first-order valence-electron chi connectivity index (χ1n) is 10.3. The summed E-state index contributed by atoms with van der Waals surface area (Å²) >= 11 is 1.83. The summed E-state index contributed by atoms with van der Waals surface area (Å²) in [6.45, 7) is 4.72. The molecular weight excluding hydrogens is 362 g/mol. The lowest BCUT2D eigenvalue weighted by Gasteiger charge is -2.30. The molecule has 0 N–H and O–H groups in total. The molecule has 1 heterocycles. The number of carbonyl (C=O) groups excluding carboxylic acids is 1. The third-order valence-corrected chi connectivity index (χ3v) is 6.86. The number of benzene rings is 2. The molecule has 0 bridgehead atoms. The molecule has 2 nitrogen and oxygen atoms in total. The van der Waals surface area contributed by atoms with E-state index in [9.17, 15) is 4.79 Å². The zero-order chi connectivity index (χ0) is 19.5. The number of fused-ring (bicyclic) bond motifs is 2. The molecule has 0 aromatic heterocycles. The molecule has 1 aliphatic heterocycles. The zero-order valence-electron chi connectivity index (χ0n) is 17.0. The Labute approximate surface area is 173 Å². The second kappa shape index (κ2) is 8.67. The molecule has 0 radical (unpaired) electrons. The third kappa shape index (κ3) is 4.11. The van der Waals surface area contributed by atoms with Crippen LogP contribution < -0.4 is 0 Å². The van der Waals surface area contributed by atoms with E-state index in [0.29, 0.717) is 12.2 Å². The number of hydrogen-bond acceptors (Lipinski definition) is 3. The van der Waals surface area contributed by atoms with Crippen molar-refractivity contribution in [2.24, 2.45) is 0 Å². The first-order valence-corrected chi connectivity index (χ1v) is 11.6. The Bertz CT molecular complexity index is 905. The number of piperidine rings is 1. The average Bonchev–Trinajstić information content (AvgIpc) is 2.89. The van der Waals surface area contributed by atoms with Gasteiger partial charge in [0.1, 0.15) is 5.78 Å². The first kappa shape index (κ1) is 19.5. The van der Waals surface area contributed by atoms with Gasteiger partial charge in [0.15, 0.2) is 0 Å². The summed E-state index contributed by atoms with van der Waals surface area (Å²) in [7, 11) is 0. The second-order valence-electron chi connectivity index (χ2n) is 7.95. The molecule has 1 saturated heterocycles. The number of aryl methyl sites for hydroxylation is 2. The van der Waals surface area contributed by atoms with Crippen LogP contribution in [0, 0.1) is 0 Å². The Kier molecular flexibility index (Phi) is 6.03. The molecule has 1 aliphatic carbocycles. The van der Waals surface area contributed by atoms with E-state index in [-0.39, 0.29) is 0 Å². The number of hydrogen-bond donors (Lipinski definition) is 0. The molecule has 2 aromatic rings. The van der Waals surface area contributed by atoms with Crippen LogP contribution in [-0.2, 0) is 17.6 Å². The van der Waals surface area contributed by atoms with Gasteiger partial charge in [-0.1, -0.05) is 35.9 Å². The maximum absolute atomic E-state index is 11.3. The Balaban J connectivity index is 1.73. The summed E-state index contributed by atoms with van der Waals surface area (Å²) < 4.78 is 0. The highest BCUT2D eigenvalue weighted by Crippen LogP contribution is 2.39. The highest BCUT2D eigenvalue weighted by molar-refractivity contribution is 7.98. The fourth-order valence-corrected chi connectivity index (χ4v) is 4.96. The zero-order valence-corrected chi connectivity index (χ0v) is 17.8. The topological polar surface area (TPSA) is 20.3 Å². The number of rotatable bonds is 4. The quantitative estimate of drug-likeness (QED) is 0.652. The standard InChI is InChI=1S/C25H29NOS/c1-18(27)11-14-26-15-12-21(13-16-26)25-23-6-4-3-5-19(23)7-8-20-9-10-22(28-2)17-24(20)25/h3-6,9-10,17H,7-8,11-16H2,1-2H3. The maximum Gasteiger partial charge on any atom is 0.131 e. The van der Waals surface area contributed by atoms with Crippen molar-refractivity contribution in [3.05, 3.63) is 70.3 Å². The van der Waals surface area contributed by atoms with E-state index >= 15 is 0 Å². The lowest BCUT2D eigenvalue weighted by molar-refractivity contribution is -0.117. The van der Waals surface area contributed by atoms with Crippen molar-refractivity contribution >= 4 is 23.1 Å². The van der Waals surface area contributed by atoms with Crippen molar-refractivity contribution in [2.75, 3.05) is 25.9 Å². The van der Waals surface area contributed by atoms with Gasteiger partial charge in [0, 0.05) is 31.0 Å². The number of Topliss-reactive ketones (excluding diaryl/α,β-unsaturated/α-hetero) is 1. The molecule has 3 heteroatoms. The van der Waals surface area contributed by atoms with Crippen LogP contribution in [0.15, 0.2) is 52.9 Å². The molecule has 1 fully saturated rings. The minimum Gasteiger partial charge on any atom is -0.302 e. The summed E-state index contributed by atoms with van der Waals surface area (Å²) in [5, 5.41) is 0. The van der Waals surface area contributed by atoms with Gasteiger partial charge >= 0.3 is 0 Å². The van der Waals surface area contributed by atoms with Crippen LogP contribution in [-0.4, -0.2) is 36.6 Å². The molecule has 4 rings (SSSR count). The van der Waals surface area contributed by atoms with Crippen LogP contribution in [0.1, 0.15) is 48.4 Å². The molecule has 0 spiro atoms. The van der Waals surface area contributed by atoms with E-state index in [1.807, 2.05) is 11.8 Å². The van der Waals surface area contributed by atoms with Gasteiger partial charge in [-0.25, -0.2) is 0 Å². The molecule has 146 valence electrons. The lowest BCUT2D eigenvalue weighted by Crippen LogP contribution is -2.32. The molecule has 0 unspecified atom stereocenters. The molecule has 0 saturated carbocycles. The van der Waals surface area contributed by atoms with Gasteiger partial charge in [-0.2, -0.15) is 0 Å². The Hall–Kier alpha value is -1.84. The minimum atomic E-state index is 0.292. The van der Waals surface area contributed by atoms with Crippen LogP contribution in [0.4, 0.5) is 0 Å². The number of nitrogens with zero attached hydrogens (tertiary/aromatic N) is 1. The summed E-state index contributed by atoms with van der Waals surface area (Å²) in [5.74, 6) is 0.292. The number of ketones is 1. The second-order valence-corrected chi connectivity index (χ2v) is 8.83. The fraction of sp³-hybridized carbons (Fsp3) is 0.400. The van der Waals surface area contributed by atoms with E-state index in [2.05, 4.69) is 53.6 Å². The van der Waals surface area contributed by atoms with E-state index < -0.39 is 0 Å². The Morgan fingerprint density at radius 2 is 1.68 bits per heavy atom. The highest BCUT2D eigenvalue weighted by atomic mass is 32.2. The Morgan fingerprint density at radius 3 is 2.39 bits per heavy atom. The molecule has 2 aromatic carbocycles. The smallest absolute Gasteiger partial charge is 0.131 e. The van der Waals surface area contributed by atoms with Crippen molar-refractivity contribution in [3.63, 3.8) is 0 Å². The molecule has 2 aliphatic rings. The number of thioether (sulfide) groups is 1. The van der Waals surface area contributed by atoms with Gasteiger partial charge in [0.05, 0.1) is 0 Å². The monoisotopic (exact) mass is 391 g/mol. The van der Waals surface area contributed by atoms with Crippen molar-refractivity contribution in [1.82, 2.24) is 4.90 Å². The average molecular weight is 392 g/mol. The summed E-state index contributed by atoms with van der Waals surface area (Å²) in [6, 6.07) is 16.0. The van der Waals surface area contributed by atoms with Gasteiger partial charge in [-0.15, -0.1) is 11.8 Å². The predicted molar refractivity (Wildman–Crippen MR) is 119 cm³/mol. The number of carbonyl (C=O) groups is 1. The predicted octanol–water partition coefficient (Wildman–Crippen LogP) is 5.38. The van der Waals surface area contributed by atoms with Crippen molar-refractivity contribution in [1.29, 1.82) is 0 Å². The third-order valence-electron chi connectivity index (χ3n) is 6.13. The number of likely N-dealkylation sites (tertiary alicyclic amines) is 1. The van der Waals surface area contributed by atoms with Crippen molar-refractivity contribution in [3.8, 4) is 0 Å². The van der Waals surface area contributed by atoms with Gasteiger partial charge in [0.25, 0.3) is 0 Å². The summed E-state index contributed by atoms with van der Waals surface area (Å²) in [4.78, 5) is 15.1. The highest BCUT2D eigenvalue weighted by Gasteiger charge is 2.24. The first-order chi connectivity index (χ1) is 13.7. The van der Waals surface area contributed by atoms with Gasteiger partial charge < -0.3 is 4.90 Å². The van der Waals surface area contributed by atoms with E-state index in [0.717, 1.165) is 45.3 Å². The molecule has 0 amide bonds. The molecular formula is C25H29NOS. The van der Waals surface area contributed by atoms with Crippen molar-refractivity contribution in [2.45, 2.75) is 43.9 Å². The van der Waals surface area contributed by atoms with Crippen LogP contribution in [0.25, 0.3) is 5.57 Å². The van der Waals surface area contributed by atoms with Gasteiger partial charge in [0.2, 0.25) is 0 Å². The van der Waals surface area contributed by atoms with Crippen LogP contribution in [0.3, 0.4) is 0 Å². The lowest BCUT2D eigenvalue weighted by atomic mass is 9.86. The van der Waals surface area contributed by atoms with E-state index in [1.54, 1.807) is 12.5 Å². The Morgan fingerprint density at radius 1 is 0.964 bits per heavy atom. The normalized spacial score (nSPS) is 17.1. The summed E-state index contributed by atoms with van der Waals surface area (Å²) in [5.41, 5.74) is 8.93. The maximum atomic E-state index is 11.3. The fourth-order valence-electron chi connectivity index (χ4n) is 4.52. The SMILES string of the molecule is CSc1ccc2c(c1)C(=C1CCN(CCC(C)=O)CC1)c1ccccc1CC2. The van der Waals surface area contributed by atoms with E-state index in [4.69, 9.17) is 0 Å². The largest absolute Gasteiger partial charge is 0.302 e. The van der Waals surface area contributed by atoms with Gasteiger partial charge in [-0.05, 0) is 78.8 Å². The van der Waals surface area contributed by atoms with Crippen LogP contribution in [0.5, 0.6) is 0 Å². The van der Waals surface area contributed by atoms with Crippen molar-refractivity contribution < 1.29 is 4.79 Å². The molecule has 0 atom stereocenters. The van der Waals surface area contributed by atoms with Crippen LogP contribution >= 0.6 is 11.8 Å². The van der Waals surface area contributed by atoms with Gasteiger partial charge in [-0.3, -0.25) is 4.79 Å². The molecule has 28 heavy (non-hydrogen) atoms.